The number of hydrogen-bond acceptors (Lipinski definition) is 2. The Morgan fingerprint density at radius 3 is 2.81 bits per heavy atom. The van der Waals surface area contributed by atoms with Crippen molar-refractivity contribution in [1.29, 1.82) is 0 Å². The Labute approximate surface area is 127 Å². The molecule has 1 aromatic rings. The van der Waals surface area contributed by atoms with Crippen LogP contribution in [0.4, 0.5) is 0 Å². The molecule has 21 heavy (non-hydrogen) atoms. The SMILES string of the molecule is COC1CCC2c3ccc4c(c3CCC12C)CCC(O)C4. The van der Waals surface area contributed by atoms with Crippen LogP contribution in [0.5, 0.6) is 0 Å². The first-order chi connectivity index (χ1) is 10.1. The summed E-state index contributed by atoms with van der Waals surface area (Å²) < 4.78 is 5.79. The molecule has 2 heteroatoms. The molecular weight excluding hydrogens is 260 g/mol. The summed E-state index contributed by atoms with van der Waals surface area (Å²) in [5.74, 6) is 0.670. The van der Waals surface area contributed by atoms with Gasteiger partial charge in [-0.1, -0.05) is 19.1 Å². The van der Waals surface area contributed by atoms with Crippen LogP contribution in [-0.4, -0.2) is 24.4 Å². The molecule has 1 saturated carbocycles. The summed E-state index contributed by atoms with van der Waals surface area (Å²) in [7, 11) is 1.88. The van der Waals surface area contributed by atoms with Crippen LogP contribution in [0.2, 0.25) is 0 Å². The van der Waals surface area contributed by atoms with Crippen LogP contribution in [-0.2, 0) is 24.0 Å². The van der Waals surface area contributed by atoms with Crippen LogP contribution in [0.25, 0.3) is 0 Å². The van der Waals surface area contributed by atoms with E-state index < -0.39 is 0 Å². The first kappa shape index (κ1) is 13.8. The zero-order valence-electron chi connectivity index (χ0n) is 13.2. The Kier molecular flexibility index (Phi) is 3.16. The number of hydrogen-bond donors (Lipinski definition) is 1. The lowest BCUT2D eigenvalue weighted by Crippen LogP contribution is -2.37. The van der Waals surface area contributed by atoms with Crippen molar-refractivity contribution in [2.45, 2.75) is 70.0 Å². The van der Waals surface area contributed by atoms with Crippen molar-refractivity contribution in [2.75, 3.05) is 7.11 Å². The van der Waals surface area contributed by atoms with Crippen molar-refractivity contribution >= 4 is 0 Å². The second-order valence-corrected chi connectivity index (χ2v) is 7.53. The monoisotopic (exact) mass is 286 g/mol. The van der Waals surface area contributed by atoms with E-state index in [0.717, 1.165) is 19.3 Å². The summed E-state index contributed by atoms with van der Waals surface area (Å²) in [5, 5.41) is 9.90. The minimum atomic E-state index is -0.131. The predicted molar refractivity (Wildman–Crippen MR) is 83.7 cm³/mol. The van der Waals surface area contributed by atoms with E-state index in [1.165, 1.54) is 31.2 Å². The third-order valence-corrected chi connectivity index (χ3v) is 6.57. The normalized spacial score (nSPS) is 37.8. The maximum Gasteiger partial charge on any atom is 0.0631 e. The Hall–Kier alpha value is -0.860. The molecule has 0 aliphatic heterocycles. The second-order valence-electron chi connectivity index (χ2n) is 7.53. The van der Waals surface area contributed by atoms with Gasteiger partial charge in [0.2, 0.25) is 0 Å². The quantitative estimate of drug-likeness (QED) is 0.857. The molecule has 0 radical (unpaired) electrons. The average molecular weight is 286 g/mol. The Morgan fingerprint density at radius 2 is 2.00 bits per heavy atom. The Morgan fingerprint density at radius 1 is 1.14 bits per heavy atom. The summed E-state index contributed by atoms with van der Waals surface area (Å²) in [4.78, 5) is 0. The van der Waals surface area contributed by atoms with Crippen LogP contribution in [0.15, 0.2) is 12.1 Å². The second kappa shape index (κ2) is 4.82. The number of methoxy groups -OCH3 is 1. The zero-order chi connectivity index (χ0) is 14.6. The minimum absolute atomic E-state index is 0.131. The lowest BCUT2D eigenvalue weighted by atomic mass is 9.64. The number of aliphatic hydroxyl groups excluding tert-OH is 1. The van der Waals surface area contributed by atoms with Crippen molar-refractivity contribution in [2.24, 2.45) is 5.41 Å². The lowest BCUT2D eigenvalue weighted by Gasteiger charge is -2.42. The topological polar surface area (TPSA) is 29.5 Å². The molecule has 1 aromatic carbocycles. The molecule has 4 unspecified atom stereocenters. The Balaban J connectivity index is 1.77. The highest BCUT2D eigenvalue weighted by Crippen LogP contribution is 2.57. The van der Waals surface area contributed by atoms with Gasteiger partial charge in [0.15, 0.2) is 0 Å². The minimum Gasteiger partial charge on any atom is -0.393 e. The van der Waals surface area contributed by atoms with Gasteiger partial charge < -0.3 is 9.84 Å². The van der Waals surface area contributed by atoms with Gasteiger partial charge in [0, 0.05) is 12.5 Å². The predicted octanol–water partition coefficient (Wildman–Crippen LogP) is 3.38. The molecule has 2 nitrogen and oxygen atoms in total. The van der Waals surface area contributed by atoms with Gasteiger partial charge in [-0.25, -0.2) is 0 Å². The van der Waals surface area contributed by atoms with Gasteiger partial charge in [-0.2, -0.15) is 0 Å². The van der Waals surface area contributed by atoms with Crippen molar-refractivity contribution in [1.82, 2.24) is 0 Å². The van der Waals surface area contributed by atoms with E-state index in [-0.39, 0.29) is 6.10 Å². The van der Waals surface area contributed by atoms with E-state index in [1.807, 2.05) is 7.11 Å². The molecule has 1 N–H and O–H groups in total. The van der Waals surface area contributed by atoms with Crippen molar-refractivity contribution in [3.05, 3.63) is 34.4 Å². The van der Waals surface area contributed by atoms with E-state index in [0.29, 0.717) is 17.4 Å². The summed E-state index contributed by atoms with van der Waals surface area (Å²) in [5.41, 5.74) is 6.51. The third-order valence-electron chi connectivity index (χ3n) is 6.57. The van der Waals surface area contributed by atoms with Crippen LogP contribution in [0.1, 0.15) is 60.8 Å². The molecule has 0 amide bonds. The molecule has 0 saturated heterocycles. The largest absolute Gasteiger partial charge is 0.393 e. The van der Waals surface area contributed by atoms with E-state index in [4.69, 9.17) is 4.74 Å². The van der Waals surface area contributed by atoms with Crippen molar-refractivity contribution in [3.63, 3.8) is 0 Å². The summed E-state index contributed by atoms with van der Waals surface area (Å²) >= 11 is 0. The van der Waals surface area contributed by atoms with Gasteiger partial charge in [-0.05, 0) is 73.1 Å². The van der Waals surface area contributed by atoms with Crippen molar-refractivity contribution < 1.29 is 9.84 Å². The fraction of sp³-hybridized carbons (Fsp3) is 0.684. The number of ether oxygens (including phenoxy) is 1. The molecule has 1 fully saturated rings. The van der Waals surface area contributed by atoms with E-state index in [9.17, 15) is 5.11 Å². The maximum absolute atomic E-state index is 9.90. The van der Waals surface area contributed by atoms with E-state index in [1.54, 1.807) is 16.7 Å². The van der Waals surface area contributed by atoms with Gasteiger partial charge >= 0.3 is 0 Å². The third kappa shape index (κ3) is 1.92. The molecule has 4 atom stereocenters. The molecule has 3 aliphatic carbocycles. The smallest absolute Gasteiger partial charge is 0.0631 e. The van der Waals surface area contributed by atoms with Crippen LogP contribution < -0.4 is 0 Å². The van der Waals surface area contributed by atoms with Gasteiger partial charge in [0.1, 0.15) is 0 Å². The Bertz CT molecular complexity index is 565. The number of fused-ring (bicyclic) bond motifs is 5. The number of aliphatic hydroxyl groups is 1. The van der Waals surface area contributed by atoms with Gasteiger partial charge in [0.05, 0.1) is 12.2 Å². The fourth-order valence-electron chi connectivity index (χ4n) is 5.38. The van der Waals surface area contributed by atoms with Gasteiger partial charge in [-0.15, -0.1) is 0 Å². The molecule has 0 spiro atoms. The lowest BCUT2D eigenvalue weighted by molar-refractivity contribution is 0.00565. The first-order valence-corrected chi connectivity index (χ1v) is 8.48. The maximum atomic E-state index is 9.90. The molecule has 0 heterocycles. The van der Waals surface area contributed by atoms with E-state index >= 15 is 0 Å². The molecular formula is C19H26O2. The average Bonchev–Trinajstić information content (AvgIpc) is 2.83. The molecule has 114 valence electrons. The van der Waals surface area contributed by atoms with Gasteiger partial charge in [0.25, 0.3) is 0 Å². The zero-order valence-corrected chi connectivity index (χ0v) is 13.2. The summed E-state index contributed by atoms with van der Waals surface area (Å²) in [6.07, 6.45) is 8.07. The highest BCUT2D eigenvalue weighted by Gasteiger charge is 2.50. The summed E-state index contributed by atoms with van der Waals surface area (Å²) in [6.45, 7) is 2.44. The standard InChI is InChI=1S/C19H26O2/c1-19-10-9-15-14-6-4-13(20)11-12(14)3-5-16(15)17(19)7-8-18(19)21-2/h3,5,13,17-18,20H,4,6-11H2,1-2H3. The summed E-state index contributed by atoms with van der Waals surface area (Å²) in [6, 6.07) is 4.66. The molecule has 0 bridgehead atoms. The molecule has 4 rings (SSSR count). The number of benzene rings is 1. The van der Waals surface area contributed by atoms with Crippen LogP contribution in [0, 0.1) is 5.41 Å². The fourth-order valence-corrected chi connectivity index (χ4v) is 5.38. The molecule has 0 aromatic heterocycles. The van der Waals surface area contributed by atoms with Crippen LogP contribution >= 0.6 is 0 Å². The highest BCUT2D eigenvalue weighted by atomic mass is 16.5. The highest BCUT2D eigenvalue weighted by molar-refractivity contribution is 5.47. The van der Waals surface area contributed by atoms with Crippen LogP contribution in [0.3, 0.4) is 0 Å². The molecule has 3 aliphatic rings. The van der Waals surface area contributed by atoms with E-state index in [2.05, 4.69) is 19.1 Å². The van der Waals surface area contributed by atoms with Gasteiger partial charge in [-0.3, -0.25) is 0 Å². The van der Waals surface area contributed by atoms with Crippen molar-refractivity contribution in [3.8, 4) is 0 Å². The first-order valence-electron chi connectivity index (χ1n) is 8.48. The number of rotatable bonds is 1.